The Balaban J connectivity index is 2.40. The average Bonchev–Trinajstić information content (AvgIpc) is 2.79. The molecule has 108 valence electrons. The molecular formula is C10H11Cl2N5O2S. The van der Waals surface area contributed by atoms with Crippen molar-refractivity contribution in [3.05, 3.63) is 34.3 Å². The second-order valence-electron chi connectivity index (χ2n) is 4.00. The van der Waals surface area contributed by atoms with Crippen molar-refractivity contribution in [1.29, 1.82) is 0 Å². The second-order valence-corrected chi connectivity index (χ2v) is 6.82. The van der Waals surface area contributed by atoms with Crippen molar-refractivity contribution < 1.29 is 8.42 Å². The van der Waals surface area contributed by atoms with E-state index in [9.17, 15) is 8.42 Å². The molecule has 0 atom stereocenters. The van der Waals surface area contributed by atoms with Gasteiger partial charge in [0, 0.05) is 12.1 Å². The van der Waals surface area contributed by atoms with Gasteiger partial charge in [-0.05, 0) is 12.1 Å². The van der Waals surface area contributed by atoms with Crippen LogP contribution in [-0.2, 0) is 16.6 Å². The second kappa shape index (κ2) is 5.57. The fourth-order valence-corrected chi connectivity index (χ4v) is 3.68. The van der Waals surface area contributed by atoms with Crippen LogP contribution in [0.3, 0.4) is 0 Å². The number of nitrogen functional groups attached to an aromatic ring is 1. The summed E-state index contributed by atoms with van der Waals surface area (Å²) in [5.41, 5.74) is 5.70. The van der Waals surface area contributed by atoms with E-state index in [-0.39, 0.29) is 27.2 Å². The zero-order chi connectivity index (χ0) is 14.9. The zero-order valence-electron chi connectivity index (χ0n) is 10.3. The molecule has 2 rings (SSSR count). The maximum atomic E-state index is 12.5. The minimum Gasteiger partial charge on any atom is -0.398 e. The number of H-pyrrole nitrogens is 1. The molecule has 0 unspecified atom stereocenters. The van der Waals surface area contributed by atoms with E-state index >= 15 is 0 Å². The average molecular weight is 336 g/mol. The summed E-state index contributed by atoms with van der Waals surface area (Å²) >= 11 is 11.7. The standard InChI is InChI=1S/C10H11Cl2N5O2S/c1-17(4-9-14-5-15-16-9)20(18,19)10-7(12)2-6(11)3-8(10)13/h2-3,5H,4,13H2,1H3,(H,14,15,16). The Morgan fingerprint density at radius 1 is 1.40 bits per heavy atom. The number of nitrogens with zero attached hydrogens (tertiary/aromatic N) is 3. The molecule has 0 saturated carbocycles. The van der Waals surface area contributed by atoms with Crippen LogP contribution in [0.25, 0.3) is 0 Å². The molecule has 1 aromatic carbocycles. The number of benzene rings is 1. The van der Waals surface area contributed by atoms with E-state index < -0.39 is 10.0 Å². The molecular weight excluding hydrogens is 325 g/mol. The van der Waals surface area contributed by atoms with Crippen molar-refractivity contribution in [2.75, 3.05) is 12.8 Å². The highest BCUT2D eigenvalue weighted by molar-refractivity contribution is 7.89. The molecule has 0 amide bonds. The van der Waals surface area contributed by atoms with Crippen LogP contribution < -0.4 is 5.73 Å². The number of hydrogen-bond acceptors (Lipinski definition) is 5. The van der Waals surface area contributed by atoms with E-state index in [4.69, 9.17) is 28.9 Å². The van der Waals surface area contributed by atoms with Gasteiger partial charge >= 0.3 is 0 Å². The predicted octanol–water partition coefficient (Wildman–Crippen LogP) is 1.51. The molecule has 0 aliphatic rings. The first kappa shape index (κ1) is 15.0. The number of sulfonamides is 1. The molecule has 3 N–H and O–H groups in total. The number of hydrogen-bond donors (Lipinski definition) is 2. The number of rotatable bonds is 4. The van der Waals surface area contributed by atoms with Crippen LogP contribution in [0.1, 0.15) is 5.82 Å². The van der Waals surface area contributed by atoms with E-state index in [1.54, 1.807) is 0 Å². The first-order valence-electron chi connectivity index (χ1n) is 5.37. The fraction of sp³-hybridized carbons (Fsp3) is 0.200. The SMILES string of the molecule is CN(Cc1ncn[nH]1)S(=O)(=O)c1c(N)cc(Cl)cc1Cl. The lowest BCUT2D eigenvalue weighted by molar-refractivity contribution is 0.457. The predicted molar refractivity (Wildman–Crippen MR) is 75.9 cm³/mol. The van der Waals surface area contributed by atoms with E-state index in [0.29, 0.717) is 5.82 Å². The normalized spacial score (nSPS) is 12.0. The Labute approximate surface area is 125 Å². The Morgan fingerprint density at radius 3 is 2.65 bits per heavy atom. The Hall–Kier alpha value is -1.35. The number of aromatic nitrogens is 3. The third kappa shape index (κ3) is 2.88. The summed E-state index contributed by atoms with van der Waals surface area (Å²) in [4.78, 5) is 3.69. The summed E-state index contributed by atoms with van der Waals surface area (Å²) < 4.78 is 26.0. The van der Waals surface area contributed by atoms with Crippen LogP contribution in [0, 0.1) is 0 Å². The van der Waals surface area contributed by atoms with E-state index in [1.807, 2.05) is 0 Å². The number of nitrogens with one attached hydrogen (secondary N) is 1. The van der Waals surface area contributed by atoms with Gasteiger partial charge in [0.1, 0.15) is 17.0 Å². The van der Waals surface area contributed by atoms with Gasteiger partial charge in [-0.25, -0.2) is 13.4 Å². The molecule has 20 heavy (non-hydrogen) atoms. The molecule has 0 saturated heterocycles. The fourth-order valence-electron chi connectivity index (χ4n) is 1.61. The largest absolute Gasteiger partial charge is 0.398 e. The molecule has 0 aliphatic carbocycles. The summed E-state index contributed by atoms with van der Waals surface area (Å²) in [7, 11) is -2.47. The van der Waals surface area contributed by atoms with Gasteiger partial charge in [0.25, 0.3) is 0 Å². The van der Waals surface area contributed by atoms with Gasteiger partial charge in [-0.2, -0.15) is 9.40 Å². The summed E-state index contributed by atoms with van der Waals surface area (Å²) in [5, 5.41) is 6.47. The highest BCUT2D eigenvalue weighted by Gasteiger charge is 2.27. The maximum absolute atomic E-state index is 12.5. The molecule has 0 radical (unpaired) electrons. The summed E-state index contributed by atoms with van der Waals surface area (Å²) in [6, 6.07) is 2.66. The van der Waals surface area contributed by atoms with Gasteiger partial charge < -0.3 is 5.73 Å². The van der Waals surface area contributed by atoms with Gasteiger partial charge in [0.2, 0.25) is 10.0 Å². The molecule has 0 fully saturated rings. The van der Waals surface area contributed by atoms with Gasteiger partial charge in [-0.15, -0.1) is 0 Å². The molecule has 0 aliphatic heterocycles. The number of anilines is 1. The number of halogens is 2. The van der Waals surface area contributed by atoms with Crippen LogP contribution >= 0.6 is 23.2 Å². The van der Waals surface area contributed by atoms with E-state index in [0.717, 1.165) is 4.31 Å². The highest BCUT2D eigenvalue weighted by atomic mass is 35.5. The van der Waals surface area contributed by atoms with Gasteiger partial charge in [0.15, 0.2) is 0 Å². The van der Waals surface area contributed by atoms with Crippen LogP contribution in [0.15, 0.2) is 23.4 Å². The summed E-state index contributed by atoms with van der Waals surface area (Å²) in [5.74, 6) is 0.403. The van der Waals surface area contributed by atoms with E-state index in [2.05, 4.69) is 15.2 Å². The quantitative estimate of drug-likeness (QED) is 0.824. The molecule has 0 bridgehead atoms. The summed E-state index contributed by atoms with van der Waals surface area (Å²) in [6.45, 7) is 0.0146. The first-order chi connectivity index (χ1) is 9.32. The molecule has 7 nitrogen and oxygen atoms in total. The Bertz CT molecular complexity index is 694. The van der Waals surface area contributed by atoms with Crippen LogP contribution in [-0.4, -0.2) is 35.0 Å². The van der Waals surface area contributed by atoms with Crippen LogP contribution in [0.4, 0.5) is 5.69 Å². The van der Waals surface area contributed by atoms with Crippen molar-refractivity contribution in [2.45, 2.75) is 11.4 Å². The van der Waals surface area contributed by atoms with Crippen LogP contribution in [0.5, 0.6) is 0 Å². The van der Waals surface area contributed by atoms with Gasteiger partial charge in [-0.1, -0.05) is 23.2 Å². The van der Waals surface area contributed by atoms with Crippen molar-refractivity contribution in [3.8, 4) is 0 Å². The smallest absolute Gasteiger partial charge is 0.246 e. The zero-order valence-corrected chi connectivity index (χ0v) is 12.7. The minimum absolute atomic E-state index is 0.00748. The monoisotopic (exact) mass is 335 g/mol. The van der Waals surface area contributed by atoms with E-state index in [1.165, 1.54) is 25.5 Å². The summed E-state index contributed by atoms with van der Waals surface area (Å²) in [6.07, 6.45) is 1.29. The highest BCUT2D eigenvalue weighted by Crippen LogP contribution is 2.33. The topological polar surface area (TPSA) is 105 Å². The molecule has 10 heteroatoms. The molecule has 1 heterocycles. The lowest BCUT2D eigenvalue weighted by atomic mass is 10.3. The van der Waals surface area contributed by atoms with Gasteiger partial charge in [-0.3, -0.25) is 5.10 Å². The Kier molecular flexibility index (Phi) is 4.19. The molecule has 0 spiro atoms. The minimum atomic E-state index is -3.86. The third-order valence-corrected chi connectivity index (χ3v) is 5.09. The van der Waals surface area contributed by atoms with Gasteiger partial charge in [0.05, 0.1) is 17.3 Å². The Morgan fingerprint density at radius 2 is 2.10 bits per heavy atom. The van der Waals surface area contributed by atoms with Crippen LogP contribution in [0.2, 0.25) is 10.0 Å². The number of nitrogens with two attached hydrogens (primary N) is 1. The lowest BCUT2D eigenvalue weighted by Crippen LogP contribution is -2.28. The number of aromatic amines is 1. The maximum Gasteiger partial charge on any atom is 0.246 e. The van der Waals surface area contributed by atoms with Crippen molar-refractivity contribution in [1.82, 2.24) is 19.5 Å². The lowest BCUT2D eigenvalue weighted by Gasteiger charge is -2.18. The first-order valence-corrected chi connectivity index (χ1v) is 7.57. The van der Waals surface area contributed by atoms with Crippen molar-refractivity contribution >= 4 is 38.9 Å². The molecule has 2 aromatic rings. The van der Waals surface area contributed by atoms with Crippen molar-refractivity contribution in [3.63, 3.8) is 0 Å². The molecule has 1 aromatic heterocycles. The van der Waals surface area contributed by atoms with Crippen molar-refractivity contribution in [2.24, 2.45) is 0 Å². The third-order valence-electron chi connectivity index (χ3n) is 2.54.